The number of carbonyl (C=O) groups is 2. The Kier molecular flexibility index (Phi) is 5.71. The van der Waals surface area contributed by atoms with Crippen LogP contribution in [0.4, 0.5) is 11.4 Å². The third kappa shape index (κ3) is 4.82. The maximum Gasteiger partial charge on any atom is 0.348 e. The molecule has 3 rings (SSSR count). The molecule has 0 radical (unpaired) electrons. The molecule has 0 atom stereocenters. The highest BCUT2D eigenvalue weighted by molar-refractivity contribution is 7.11. The minimum absolute atomic E-state index is 0.289. The molecule has 5 nitrogen and oxygen atoms in total. The van der Waals surface area contributed by atoms with Crippen LogP contribution in [0.1, 0.15) is 29.4 Å². The third-order valence-corrected chi connectivity index (χ3v) is 5.21. The van der Waals surface area contributed by atoms with Crippen molar-refractivity contribution in [2.45, 2.75) is 19.8 Å². The van der Waals surface area contributed by atoms with Gasteiger partial charge in [-0.1, -0.05) is 13.0 Å². The maximum atomic E-state index is 11.9. The summed E-state index contributed by atoms with van der Waals surface area (Å²) >= 11 is 1.29. The lowest BCUT2D eigenvalue weighted by molar-refractivity contribution is -0.119. The van der Waals surface area contributed by atoms with Crippen molar-refractivity contribution in [1.29, 1.82) is 0 Å². The minimum Gasteiger partial charge on any atom is -0.451 e. The smallest absolute Gasteiger partial charge is 0.348 e. The molecule has 0 unspecified atom stereocenters. The third-order valence-electron chi connectivity index (χ3n) is 4.36. The molecule has 0 spiro atoms. The van der Waals surface area contributed by atoms with Crippen LogP contribution in [0.2, 0.25) is 0 Å². The average molecular weight is 358 g/mol. The first-order valence-corrected chi connectivity index (χ1v) is 9.35. The van der Waals surface area contributed by atoms with E-state index in [0.29, 0.717) is 10.6 Å². The number of amides is 1. The topological polar surface area (TPSA) is 58.6 Å². The minimum atomic E-state index is -0.472. The number of esters is 1. The van der Waals surface area contributed by atoms with E-state index in [-0.39, 0.29) is 12.5 Å². The molecule has 0 bridgehead atoms. The fourth-order valence-electron chi connectivity index (χ4n) is 2.82. The summed E-state index contributed by atoms with van der Waals surface area (Å²) in [6, 6.07) is 11.2. The Morgan fingerprint density at radius 1 is 1.20 bits per heavy atom. The molecule has 2 heterocycles. The molecule has 1 fully saturated rings. The average Bonchev–Trinajstić information content (AvgIpc) is 3.16. The van der Waals surface area contributed by atoms with Crippen molar-refractivity contribution in [3.05, 3.63) is 46.7 Å². The van der Waals surface area contributed by atoms with Crippen LogP contribution in [0.5, 0.6) is 0 Å². The Labute approximate surface area is 151 Å². The quantitative estimate of drug-likeness (QED) is 0.827. The van der Waals surface area contributed by atoms with Crippen molar-refractivity contribution in [2.24, 2.45) is 5.92 Å². The number of carbonyl (C=O) groups excluding carboxylic acids is 2. The van der Waals surface area contributed by atoms with Crippen LogP contribution in [0, 0.1) is 5.92 Å². The Morgan fingerprint density at radius 2 is 1.92 bits per heavy atom. The van der Waals surface area contributed by atoms with Crippen LogP contribution in [0.3, 0.4) is 0 Å². The Morgan fingerprint density at radius 3 is 2.56 bits per heavy atom. The van der Waals surface area contributed by atoms with E-state index in [0.717, 1.165) is 19.0 Å². The van der Waals surface area contributed by atoms with Gasteiger partial charge in [-0.3, -0.25) is 4.79 Å². The summed E-state index contributed by atoms with van der Waals surface area (Å²) in [5, 5.41) is 4.54. The standard InChI is InChI=1S/C19H22N2O3S/c1-14-8-10-21(11-9-14)16-6-4-15(5-7-16)20-18(22)13-24-19(23)17-3-2-12-25-17/h2-7,12,14H,8-11,13H2,1H3,(H,20,22). The number of hydrogen-bond acceptors (Lipinski definition) is 5. The molecular weight excluding hydrogens is 336 g/mol. The van der Waals surface area contributed by atoms with Crippen LogP contribution in [-0.2, 0) is 9.53 Å². The number of hydrogen-bond donors (Lipinski definition) is 1. The zero-order valence-corrected chi connectivity index (χ0v) is 15.1. The molecule has 1 aromatic heterocycles. The monoisotopic (exact) mass is 358 g/mol. The Hall–Kier alpha value is -2.34. The van der Waals surface area contributed by atoms with Gasteiger partial charge < -0.3 is 15.0 Å². The van der Waals surface area contributed by atoms with Gasteiger partial charge in [0.15, 0.2) is 6.61 Å². The van der Waals surface area contributed by atoms with Crippen molar-refractivity contribution >= 4 is 34.6 Å². The summed E-state index contributed by atoms with van der Waals surface area (Å²) < 4.78 is 5.00. The second-order valence-electron chi connectivity index (χ2n) is 6.32. The number of nitrogens with one attached hydrogen (secondary N) is 1. The summed E-state index contributed by atoms with van der Waals surface area (Å²) in [4.78, 5) is 26.5. The van der Waals surface area contributed by atoms with Crippen LogP contribution >= 0.6 is 11.3 Å². The summed E-state index contributed by atoms with van der Waals surface area (Å²) in [5.41, 5.74) is 1.88. The number of benzene rings is 1. The first-order chi connectivity index (χ1) is 12.1. The van der Waals surface area contributed by atoms with Gasteiger partial charge in [0.05, 0.1) is 0 Å². The van der Waals surface area contributed by atoms with Crippen molar-refractivity contribution in [3.63, 3.8) is 0 Å². The fourth-order valence-corrected chi connectivity index (χ4v) is 3.43. The predicted molar refractivity (Wildman–Crippen MR) is 100 cm³/mol. The summed E-state index contributed by atoms with van der Waals surface area (Å²) in [6.07, 6.45) is 2.43. The van der Waals surface area contributed by atoms with Crippen molar-refractivity contribution in [1.82, 2.24) is 0 Å². The van der Waals surface area contributed by atoms with E-state index in [1.165, 1.54) is 29.9 Å². The fraction of sp³-hybridized carbons (Fsp3) is 0.368. The molecule has 1 aromatic carbocycles. The van der Waals surface area contributed by atoms with Crippen molar-refractivity contribution < 1.29 is 14.3 Å². The molecule has 0 saturated carbocycles. The number of piperidine rings is 1. The molecule has 1 aliphatic rings. The second kappa shape index (κ2) is 8.16. The van der Waals surface area contributed by atoms with Gasteiger partial charge in [-0.05, 0) is 54.5 Å². The van der Waals surface area contributed by atoms with Crippen molar-refractivity contribution in [3.8, 4) is 0 Å². The Balaban J connectivity index is 1.47. The number of nitrogens with zero attached hydrogens (tertiary/aromatic N) is 1. The lowest BCUT2D eigenvalue weighted by atomic mass is 9.99. The Bertz CT molecular complexity index is 705. The van der Waals surface area contributed by atoms with Crippen LogP contribution in [0.25, 0.3) is 0 Å². The van der Waals surface area contributed by atoms with E-state index in [1.807, 2.05) is 24.3 Å². The van der Waals surface area contributed by atoms with Crippen LogP contribution in [-0.4, -0.2) is 31.6 Å². The summed E-state index contributed by atoms with van der Waals surface area (Å²) in [7, 11) is 0. The highest BCUT2D eigenvalue weighted by atomic mass is 32.1. The lowest BCUT2D eigenvalue weighted by Gasteiger charge is -2.32. The van der Waals surface area contributed by atoms with Gasteiger partial charge in [0, 0.05) is 24.5 Å². The largest absolute Gasteiger partial charge is 0.451 e. The van der Waals surface area contributed by atoms with Gasteiger partial charge in [0.2, 0.25) is 0 Å². The van der Waals surface area contributed by atoms with E-state index in [2.05, 4.69) is 17.1 Å². The van der Waals surface area contributed by atoms with E-state index in [4.69, 9.17) is 4.74 Å². The normalized spacial score (nSPS) is 15.0. The molecule has 25 heavy (non-hydrogen) atoms. The highest BCUT2D eigenvalue weighted by Gasteiger charge is 2.16. The summed E-state index contributed by atoms with van der Waals surface area (Å²) in [6.45, 7) is 4.15. The molecule has 1 aliphatic heterocycles. The molecule has 1 saturated heterocycles. The predicted octanol–water partition coefficient (Wildman–Crippen LogP) is 3.78. The van der Waals surface area contributed by atoms with E-state index >= 15 is 0 Å². The molecule has 1 amide bonds. The first kappa shape index (κ1) is 17.5. The first-order valence-electron chi connectivity index (χ1n) is 8.47. The van der Waals surface area contributed by atoms with Gasteiger partial charge in [0.25, 0.3) is 5.91 Å². The van der Waals surface area contributed by atoms with Gasteiger partial charge in [-0.25, -0.2) is 4.79 Å². The maximum absolute atomic E-state index is 11.9. The van der Waals surface area contributed by atoms with Crippen LogP contribution < -0.4 is 10.2 Å². The highest BCUT2D eigenvalue weighted by Crippen LogP contribution is 2.24. The number of anilines is 2. The number of thiophene rings is 1. The van der Waals surface area contributed by atoms with E-state index < -0.39 is 5.97 Å². The summed E-state index contributed by atoms with van der Waals surface area (Å²) in [5.74, 6) is -0.0176. The van der Waals surface area contributed by atoms with Gasteiger partial charge in [-0.2, -0.15) is 0 Å². The molecular formula is C19H22N2O3S. The van der Waals surface area contributed by atoms with Gasteiger partial charge in [-0.15, -0.1) is 11.3 Å². The van der Waals surface area contributed by atoms with Gasteiger partial charge >= 0.3 is 5.97 Å². The van der Waals surface area contributed by atoms with Crippen LogP contribution in [0.15, 0.2) is 41.8 Å². The molecule has 1 N–H and O–H groups in total. The zero-order chi connectivity index (χ0) is 17.6. The van der Waals surface area contributed by atoms with Crippen molar-refractivity contribution in [2.75, 3.05) is 29.9 Å². The SMILES string of the molecule is CC1CCN(c2ccc(NC(=O)COC(=O)c3cccs3)cc2)CC1. The number of rotatable bonds is 5. The number of ether oxygens (including phenoxy) is 1. The molecule has 2 aromatic rings. The van der Waals surface area contributed by atoms with Gasteiger partial charge in [0.1, 0.15) is 4.88 Å². The van der Waals surface area contributed by atoms with E-state index in [9.17, 15) is 9.59 Å². The second-order valence-corrected chi connectivity index (χ2v) is 7.27. The molecule has 0 aliphatic carbocycles. The molecule has 6 heteroatoms. The zero-order valence-electron chi connectivity index (χ0n) is 14.2. The lowest BCUT2D eigenvalue weighted by Crippen LogP contribution is -2.32. The van der Waals surface area contributed by atoms with E-state index in [1.54, 1.807) is 17.5 Å². The molecule has 132 valence electrons.